The lowest BCUT2D eigenvalue weighted by atomic mass is 10.1. The average Bonchev–Trinajstić information content (AvgIpc) is 2.89. The molecule has 0 aromatic heterocycles. The van der Waals surface area contributed by atoms with Gasteiger partial charge in [0.1, 0.15) is 0 Å². The second-order valence-corrected chi connectivity index (χ2v) is 12.6. The smallest absolute Gasteiger partial charge is 0.243 e. The Labute approximate surface area is 207 Å². The number of nitrogens with one attached hydrogen (secondary N) is 1. The number of nitrogens with zero attached hydrogens (tertiary/aromatic N) is 2. The van der Waals surface area contributed by atoms with Gasteiger partial charge in [-0.2, -0.15) is 8.61 Å². The van der Waals surface area contributed by atoms with Crippen molar-refractivity contribution in [3.8, 4) is 0 Å². The van der Waals surface area contributed by atoms with Crippen molar-refractivity contribution in [2.45, 2.75) is 41.9 Å². The first-order chi connectivity index (χ1) is 16.8. The zero-order valence-corrected chi connectivity index (χ0v) is 21.2. The summed E-state index contributed by atoms with van der Waals surface area (Å²) < 4.78 is 59.4. The van der Waals surface area contributed by atoms with Crippen molar-refractivity contribution in [2.75, 3.05) is 44.7 Å². The number of carbonyl (C=O) groups excluding carboxylic acids is 1. The van der Waals surface area contributed by atoms with Crippen LogP contribution in [-0.4, -0.2) is 70.7 Å². The van der Waals surface area contributed by atoms with Gasteiger partial charge in [0.25, 0.3) is 0 Å². The van der Waals surface area contributed by atoms with E-state index in [0.717, 1.165) is 24.8 Å². The molecular weight excluding hydrogens is 490 g/mol. The van der Waals surface area contributed by atoms with Crippen LogP contribution in [0.5, 0.6) is 0 Å². The molecule has 2 fully saturated rings. The number of hydrogen-bond donors (Lipinski definition) is 1. The number of carbonyl (C=O) groups is 1. The lowest BCUT2D eigenvalue weighted by Crippen LogP contribution is -2.40. The molecule has 11 heteroatoms. The second kappa shape index (κ2) is 11.2. The number of amides is 1. The topological polar surface area (TPSA) is 113 Å². The highest BCUT2D eigenvalue weighted by molar-refractivity contribution is 7.89. The third-order valence-electron chi connectivity index (χ3n) is 6.24. The Hall–Kier alpha value is -2.31. The van der Waals surface area contributed by atoms with Crippen LogP contribution >= 0.6 is 0 Å². The number of piperidine rings is 1. The molecule has 190 valence electrons. The number of rotatable bonds is 8. The van der Waals surface area contributed by atoms with Gasteiger partial charge in [-0.1, -0.05) is 24.6 Å². The Morgan fingerprint density at radius 2 is 1.43 bits per heavy atom. The van der Waals surface area contributed by atoms with Crippen LogP contribution < -0.4 is 5.32 Å². The van der Waals surface area contributed by atoms with E-state index in [2.05, 4.69) is 5.32 Å². The number of ether oxygens (including phenoxy) is 1. The second-order valence-electron chi connectivity index (χ2n) is 8.70. The number of benzene rings is 2. The van der Waals surface area contributed by atoms with Crippen LogP contribution in [-0.2, 0) is 36.0 Å². The van der Waals surface area contributed by atoms with Crippen LogP contribution in [0.2, 0.25) is 0 Å². The zero-order valence-electron chi connectivity index (χ0n) is 19.6. The van der Waals surface area contributed by atoms with Gasteiger partial charge in [0.2, 0.25) is 26.0 Å². The fourth-order valence-corrected chi connectivity index (χ4v) is 7.21. The van der Waals surface area contributed by atoms with Crippen molar-refractivity contribution in [1.29, 1.82) is 0 Å². The number of aryl methyl sites for hydroxylation is 1. The SMILES string of the molecule is O=C(CCc1ccc(S(=O)(=O)N2CCOCC2)cc1)Nc1cccc(S(=O)(=O)N2CCCCC2)c1. The highest BCUT2D eigenvalue weighted by Crippen LogP contribution is 2.23. The van der Waals surface area contributed by atoms with Crippen molar-refractivity contribution < 1.29 is 26.4 Å². The van der Waals surface area contributed by atoms with E-state index in [-0.39, 0.29) is 22.1 Å². The summed E-state index contributed by atoms with van der Waals surface area (Å²) in [4.78, 5) is 12.9. The molecule has 4 rings (SSSR count). The van der Waals surface area contributed by atoms with Gasteiger partial charge in [-0.3, -0.25) is 4.79 Å². The largest absolute Gasteiger partial charge is 0.379 e. The number of anilines is 1. The Morgan fingerprint density at radius 3 is 2.11 bits per heavy atom. The molecule has 1 amide bonds. The molecule has 2 aromatic carbocycles. The fourth-order valence-electron chi connectivity index (χ4n) is 4.23. The molecule has 9 nitrogen and oxygen atoms in total. The minimum absolute atomic E-state index is 0.175. The van der Waals surface area contributed by atoms with Crippen LogP contribution in [0, 0.1) is 0 Å². The first-order valence-corrected chi connectivity index (χ1v) is 14.7. The third kappa shape index (κ3) is 6.28. The van der Waals surface area contributed by atoms with Gasteiger partial charge >= 0.3 is 0 Å². The van der Waals surface area contributed by atoms with Crippen molar-refractivity contribution >= 4 is 31.6 Å². The normalized spacial score (nSPS) is 18.3. The maximum Gasteiger partial charge on any atom is 0.243 e. The summed E-state index contributed by atoms with van der Waals surface area (Å²) in [5.41, 5.74) is 1.27. The fraction of sp³-hybridized carbons (Fsp3) is 0.458. The molecule has 2 aromatic rings. The molecule has 1 N–H and O–H groups in total. The predicted octanol–water partition coefficient (Wildman–Crippen LogP) is 2.45. The molecule has 2 aliphatic heterocycles. The van der Waals surface area contributed by atoms with E-state index >= 15 is 0 Å². The highest BCUT2D eigenvalue weighted by Gasteiger charge is 2.27. The third-order valence-corrected chi connectivity index (χ3v) is 10.1. The van der Waals surface area contributed by atoms with Gasteiger partial charge < -0.3 is 10.1 Å². The van der Waals surface area contributed by atoms with Crippen molar-refractivity contribution in [3.05, 3.63) is 54.1 Å². The van der Waals surface area contributed by atoms with Gasteiger partial charge in [-0.05, 0) is 55.2 Å². The molecule has 0 atom stereocenters. The van der Waals surface area contributed by atoms with Gasteiger partial charge in [-0.25, -0.2) is 16.8 Å². The first kappa shape index (κ1) is 25.8. The van der Waals surface area contributed by atoms with E-state index in [1.807, 2.05) is 0 Å². The van der Waals surface area contributed by atoms with E-state index in [0.29, 0.717) is 51.5 Å². The molecular formula is C24H31N3O6S2. The number of hydrogen-bond acceptors (Lipinski definition) is 6. The molecule has 35 heavy (non-hydrogen) atoms. The Balaban J connectivity index is 1.33. The van der Waals surface area contributed by atoms with Gasteiger partial charge in [0.15, 0.2) is 0 Å². The van der Waals surface area contributed by atoms with Crippen LogP contribution in [0.3, 0.4) is 0 Å². The molecule has 0 saturated carbocycles. The Bertz CT molecular complexity index is 1230. The number of sulfonamides is 2. The molecule has 2 aliphatic rings. The van der Waals surface area contributed by atoms with E-state index in [1.165, 1.54) is 14.7 Å². The Kier molecular flexibility index (Phi) is 8.23. The van der Waals surface area contributed by atoms with Gasteiger partial charge in [-0.15, -0.1) is 0 Å². The minimum atomic E-state index is -3.58. The summed E-state index contributed by atoms with van der Waals surface area (Å²) in [7, 11) is -7.13. The standard InChI is InChI=1S/C24H31N3O6S2/c28-24(25-21-5-4-6-23(19-21)35(31,32)26-13-2-1-3-14-26)12-9-20-7-10-22(11-8-20)34(29,30)27-15-17-33-18-16-27/h4-8,10-11,19H,1-3,9,12-18H2,(H,25,28). The van der Waals surface area contributed by atoms with E-state index < -0.39 is 20.0 Å². The quantitative estimate of drug-likeness (QED) is 0.571. The van der Waals surface area contributed by atoms with E-state index in [4.69, 9.17) is 4.74 Å². The first-order valence-electron chi connectivity index (χ1n) is 11.8. The monoisotopic (exact) mass is 521 g/mol. The lowest BCUT2D eigenvalue weighted by molar-refractivity contribution is -0.116. The minimum Gasteiger partial charge on any atom is -0.379 e. The summed E-state index contributed by atoms with van der Waals surface area (Å²) in [5.74, 6) is -0.248. The molecule has 0 aliphatic carbocycles. The van der Waals surface area contributed by atoms with Crippen molar-refractivity contribution in [3.63, 3.8) is 0 Å². The molecule has 0 radical (unpaired) electrons. The summed E-state index contributed by atoms with van der Waals surface area (Å²) in [5, 5.41) is 2.77. The maximum atomic E-state index is 12.9. The maximum absolute atomic E-state index is 12.9. The zero-order chi connectivity index (χ0) is 24.9. The molecule has 0 bridgehead atoms. The molecule has 0 spiro atoms. The molecule has 2 saturated heterocycles. The average molecular weight is 522 g/mol. The van der Waals surface area contributed by atoms with Crippen LogP contribution in [0.1, 0.15) is 31.2 Å². The summed E-state index contributed by atoms with van der Waals surface area (Å²) in [6, 6.07) is 12.9. The van der Waals surface area contributed by atoms with Gasteiger partial charge in [0.05, 0.1) is 23.0 Å². The van der Waals surface area contributed by atoms with Crippen molar-refractivity contribution in [1.82, 2.24) is 8.61 Å². The van der Waals surface area contributed by atoms with Crippen LogP contribution in [0.25, 0.3) is 0 Å². The highest BCUT2D eigenvalue weighted by atomic mass is 32.2. The van der Waals surface area contributed by atoms with Crippen molar-refractivity contribution in [2.24, 2.45) is 0 Å². The summed E-state index contributed by atoms with van der Waals surface area (Å²) in [6.07, 6.45) is 3.36. The van der Waals surface area contributed by atoms with E-state index in [9.17, 15) is 21.6 Å². The predicted molar refractivity (Wildman–Crippen MR) is 132 cm³/mol. The van der Waals surface area contributed by atoms with Crippen LogP contribution in [0.4, 0.5) is 5.69 Å². The van der Waals surface area contributed by atoms with E-state index in [1.54, 1.807) is 42.5 Å². The lowest BCUT2D eigenvalue weighted by Gasteiger charge is -2.26. The summed E-state index contributed by atoms with van der Waals surface area (Å²) >= 11 is 0. The van der Waals surface area contributed by atoms with Crippen LogP contribution in [0.15, 0.2) is 58.3 Å². The molecule has 2 heterocycles. The van der Waals surface area contributed by atoms with Gasteiger partial charge in [0, 0.05) is 38.3 Å². The number of morpholine rings is 1. The Morgan fingerprint density at radius 1 is 0.800 bits per heavy atom. The summed E-state index contributed by atoms with van der Waals surface area (Å²) in [6.45, 7) is 2.49. The molecule has 0 unspecified atom stereocenters.